The fourth-order valence-corrected chi connectivity index (χ4v) is 3.27. The topological polar surface area (TPSA) is 48.7 Å². The van der Waals surface area contributed by atoms with Crippen molar-refractivity contribution in [1.82, 2.24) is 4.98 Å². The third-order valence-electron chi connectivity index (χ3n) is 3.90. The van der Waals surface area contributed by atoms with Crippen molar-refractivity contribution in [2.24, 2.45) is 0 Å². The first-order valence-electron chi connectivity index (χ1n) is 6.67. The van der Waals surface area contributed by atoms with Crippen molar-refractivity contribution in [3.63, 3.8) is 0 Å². The molecule has 1 heterocycles. The van der Waals surface area contributed by atoms with Crippen LogP contribution in [-0.4, -0.2) is 11.0 Å². The van der Waals surface area contributed by atoms with Crippen molar-refractivity contribution < 1.29 is 0 Å². The average molecular weight is 363 g/mol. The first-order chi connectivity index (χ1) is 10.1. The first-order valence-corrected chi connectivity index (χ1v) is 7.84. The Morgan fingerprint density at radius 2 is 2.05 bits per heavy atom. The summed E-state index contributed by atoms with van der Waals surface area (Å²) in [5.74, 6) is 0. The Kier molecular flexibility index (Phi) is 3.88. The lowest BCUT2D eigenvalue weighted by Crippen LogP contribution is -2.47. The van der Waals surface area contributed by atoms with Gasteiger partial charge in [0, 0.05) is 16.7 Å². The second-order valence-electron chi connectivity index (χ2n) is 5.30. The highest BCUT2D eigenvalue weighted by Gasteiger charge is 2.46. The summed E-state index contributed by atoms with van der Waals surface area (Å²) in [6.45, 7) is 0. The number of nitriles is 1. The van der Waals surface area contributed by atoms with Crippen LogP contribution in [0.5, 0.6) is 0 Å². The molecule has 21 heavy (non-hydrogen) atoms. The molecule has 2 aromatic rings. The molecule has 3 rings (SSSR count). The van der Waals surface area contributed by atoms with Crippen LogP contribution in [0.3, 0.4) is 0 Å². The van der Waals surface area contributed by atoms with Crippen molar-refractivity contribution in [1.29, 1.82) is 5.26 Å². The molecule has 3 nitrogen and oxygen atoms in total. The molecule has 1 fully saturated rings. The number of hydrogen-bond acceptors (Lipinski definition) is 3. The van der Waals surface area contributed by atoms with E-state index >= 15 is 0 Å². The van der Waals surface area contributed by atoms with Crippen LogP contribution in [0.15, 0.2) is 47.1 Å². The highest BCUT2D eigenvalue weighted by atomic mass is 79.9. The highest BCUT2D eigenvalue weighted by molar-refractivity contribution is 9.10. The van der Waals surface area contributed by atoms with E-state index in [1.807, 2.05) is 36.4 Å². The molecule has 1 aromatic heterocycles. The molecule has 0 amide bonds. The number of anilines is 1. The van der Waals surface area contributed by atoms with E-state index in [4.69, 9.17) is 11.6 Å². The van der Waals surface area contributed by atoms with Gasteiger partial charge in [-0.3, -0.25) is 0 Å². The maximum atomic E-state index is 9.55. The van der Waals surface area contributed by atoms with Crippen LogP contribution in [-0.2, 0) is 5.41 Å². The second kappa shape index (κ2) is 5.67. The number of benzene rings is 1. The van der Waals surface area contributed by atoms with Crippen LogP contribution in [0, 0.1) is 11.3 Å². The SMILES string of the molecule is N#CC1(c2ccccc2)CC(Nc2cc(Br)cnc2Cl)C1. The normalized spacial score (nSPS) is 24.0. The van der Waals surface area contributed by atoms with Gasteiger partial charge in [-0.25, -0.2) is 4.98 Å². The molecule has 0 atom stereocenters. The highest BCUT2D eigenvalue weighted by Crippen LogP contribution is 2.45. The van der Waals surface area contributed by atoms with Gasteiger partial charge >= 0.3 is 0 Å². The van der Waals surface area contributed by atoms with Crippen LogP contribution < -0.4 is 5.32 Å². The molecule has 5 heteroatoms. The molecule has 0 unspecified atom stereocenters. The Morgan fingerprint density at radius 3 is 2.71 bits per heavy atom. The molecular weight excluding hydrogens is 350 g/mol. The lowest BCUT2D eigenvalue weighted by Gasteiger charge is -2.43. The number of hydrogen-bond donors (Lipinski definition) is 1. The van der Waals surface area contributed by atoms with Crippen molar-refractivity contribution in [3.8, 4) is 6.07 Å². The smallest absolute Gasteiger partial charge is 0.152 e. The van der Waals surface area contributed by atoms with Gasteiger partial charge in [-0.1, -0.05) is 41.9 Å². The zero-order chi connectivity index (χ0) is 14.9. The lowest BCUT2D eigenvalue weighted by molar-refractivity contribution is 0.289. The van der Waals surface area contributed by atoms with E-state index in [0.29, 0.717) is 5.15 Å². The Balaban J connectivity index is 1.73. The molecule has 1 aliphatic rings. The first kappa shape index (κ1) is 14.4. The van der Waals surface area contributed by atoms with Gasteiger partial charge in [0.1, 0.15) is 0 Å². The molecule has 1 aromatic carbocycles. The predicted molar refractivity (Wildman–Crippen MR) is 87.3 cm³/mol. The van der Waals surface area contributed by atoms with Crippen molar-refractivity contribution in [2.45, 2.75) is 24.3 Å². The zero-order valence-electron chi connectivity index (χ0n) is 11.2. The molecule has 1 N–H and O–H groups in total. The summed E-state index contributed by atoms with van der Waals surface area (Å²) in [5, 5.41) is 13.4. The second-order valence-corrected chi connectivity index (χ2v) is 6.58. The quantitative estimate of drug-likeness (QED) is 0.816. The minimum Gasteiger partial charge on any atom is -0.380 e. The minimum atomic E-state index is -0.384. The Hall–Kier alpha value is -1.57. The Bertz CT molecular complexity index is 690. The Morgan fingerprint density at radius 1 is 1.33 bits per heavy atom. The summed E-state index contributed by atoms with van der Waals surface area (Å²) >= 11 is 9.47. The van der Waals surface area contributed by atoms with E-state index < -0.39 is 0 Å². The van der Waals surface area contributed by atoms with Crippen LogP contribution >= 0.6 is 27.5 Å². The zero-order valence-corrected chi connectivity index (χ0v) is 13.5. The van der Waals surface area contributed by atoms with Gasteiger partial charge in [-0.05, 0) is 40.4 Å². The summed E-state index contributed by atoms with van der Waals surface area (Å²) in [5.41, 5.74) is 1.50. The number of nitrogens with one attached hydrogen (secondary N) is 1. The maximum absolute atomic E-state index is 9.55. The Labute approximate surface area is 137 Å². The van der Waals surface area contributed by atoms with Crippen LogP contribution in [0.1, 0.15) is 18.4 Å². The summed E-state index contributed by atoms with van der Waals surface area (Å²) < 4.78 is 0.878. The summed E-state index contributed by atoms with van der Waals surface area (Å²) in [6, 6.07) is 14.6. The summed E-state index contributed by atoms with van der Waals surface area (Å²) in [4.78, 5) is 4.10. The summed E-state index contributed by atoms with van der Waals surface area (Å²) in [6.07, 6.45) is 3.21. The monoisotopic (exact) mass is 361 g/mol. The van der Waals surface area contributed by atoms with Gasteiger partial charge in [0.15, 0.2) is 5.15 Å². The number of halogens is 2. The van der Waals surface area contributed by atoms with E-state index in [1.54, 1.807) is 6.20 Å². The largest absolute Gasteiger partial charge is 0.380 e. The maximum Gasteiger partial charge on any atom is 0.152 e. The van der Waals surface area contributed by atoms with Crippen LogP contribution in [0.25, 0.3) is 0 Å². The number of nitrogens with zero attached hydrogens (tertiary/aromatic N) is 2. The van der Waals surface area contributed by atoms with Gasteiger partial charge in [-0.15, -0.1) is 0 Å². The molecule has 0 aliphatic heterocycles. The number of aromatic nitrogens is 1. The van der Waals surface area contributed by atoms with Gasteiger partial charge in [0.2, 0.25) is 0 Å². The fourth-order valence-electron chi connectivity index (χ4n) is 2.78. The lowest BCUT2D eigenvalue weighted by atomic mass is 9.62. The van der Waals surface area contributed by atoms with Gasteiger partial charge in [0.25, 0.3) is 0 Å². The third-order valence-corrected chi connectivity index (χ3v) is 4.63. The number of rotatable bonds is 3. The molecule has 0 spiro atoms. The van der Waals surface area contributed by atoms with E-state index in [9.17, 15) is 5.26 Å². The molecule has 1 saturated carbocycles. The van der Waals surface area contributed by atoms with E-state index in [1.165, 1.54) is 0 Å². The van der Waals surface area contributed by atoms with Crippen LogP contribution in [0.4, 0.5) is 5.69 Å². The average Bonchev–Trinajstić information content (AvgIpc) is 2.47. The van der Waals surface area contributed by atoms with E-state index in [2.05, 4.69) is 32.3 Å². The predicted octanol–water partition coefficient (Wildman–Crippen LogP) is 4.53. The molecule has 106 valence electrons. The van der Waals surface area contributed by atoms with E-state index in [0.717, 1.165) is 28.6 Å². The third kappa shape index (κ3) is 2.76. The van der Waals surface area contributed by atoms with Gasteiger partial charge in [-0.2, -0.15) is 5.26 Å². The molecular formula is C16H13BrClN3. The minimum absolute atomic E-state index is 0.235. The summed E-state index contributed by atoms with van der Waals surface area (Å²) in [7, 11) is 0. The van der Waals surface area contributed by atoms with Crippen molar-refractivity contribution >= 4 is 33.2 Å². The van der Waals surface area contributed by atoms with Crippen molar-refractivity contribution in [2.75, 3.05) is 5.32 Å². The standard InChI is InChI=1S/C16H13BrClN3/c17-12-6-14(15(18)20-9-12)21-13-7-16(8-13,10-19)11-4-2-1-3-5-11/h1-6,9,13,21H,7-8H2. The molecule has 0 saturated heterocycles. The van der Waals surface area contributed by atoms with Gasteiger partial charge < -0.3 is 5.32 Å². The molecule has 0 radical (unpaired) electrons. The van der Waals surface area contributed by atoms with Crippen molar-refractivity contribution in [3.05, 3.63) is 57.8 Å². The molecule has 1 aliphatic carbocycles. The number of pyridine rings is 1. The van der Waals surface area contributed by atoms with Crippen LogP contribution in [0.2, 0.25) is 5.15 Å². The van der Waals surface area contributed by atoms with Gasteiger partial charge in [0.05, 0.1) is 17.2 Å². The molecule has 0 bridgehead atoms. The van der Waals surface area contributed by atoms with E-state index in [-0.39, 0.29) is 11.5 Å². The fraction of sp³-hybridized carbons (Fsp3) is 0.250.